The molecule has 126 valence electrons. The quantitative estimate of drug-likeness (QED) is 0.553. The van der Waals surface area contributed by atoms with Crippen LogP contribution in [0.4, 0.5) is 0 Å². The Balaban J connectivity index is 1.62. The van der Waals surface area contributed by atoms with E-state index in [-0.39, 0.29) is 5.69 Å². The molecule has 4 aromatic rings. The van der Waals surface area contributed by atoms with Gasteiger partial charge >= 0.3 is 5.69 Å². The van der Waals surface area contributed by atoms with Crippen LogP contribution in [0, 0.1) is 6.92 Å². The summed E-state index contributed by atoms with van der Waals surface area (Å²) < 4.78 is 13.6. The van der Waals surface area contributed by atoms with Crippen LogP contribution in [-0.4, -0.2) is 30.9 Å². The van der Waals surface area contributed by atoms with E-state index < -0.39 is 0 Å². The zero-order valence-electron chi connectivity index (χ0n) is 13.5. The summed E-state index contributed by atoms with van der Waals surface area (Å²) >= 11 is 0. The van der Waals surface area contributed by atoms with Crippen molar-refractivity contribution in [2.75, 3.05) is 6.61 Å². The maximum Gasteiger partial charge on any atom is 0.350 e. The minimum absolute atomic E-state index is 0.246. The first-order valence-corrected chi connectivity index (χ1v) is 7.79. The van der Waals surface area contributed by atoms with Crippen LogP contribution in [0.2, 0.25) is 0 Å². The van der Waals surface area contributed by atoms with Crippen LogP contribution in [0.15, 0.2) is 58.0 Å². The third-order valence-corrected chi connectivity index (χ3v) is 3.68. The van der Waals surface area contributed by atoms with E-state index in [0.717, 1.165) is 5.75 Å². The van der Waals surface area contributed by atoms with Crippen molar-refractivity contribution >= 4 is 5.65 Å². The second-order valence-electron chi connectivity index (χ2n) is 5.43. The maximum absolute atomic E-state index is 12.5. The van der Waals surface area contributed by atoms with Crippen LogP contribution in [0.5, 0.6) is 5.75 Å². The highest BCUT2D eigenvalue weighted by atomic mass is 16.5. The van der Waals surface area contributed by atoms with E-state index in [4.69, 9.17) is 9.26 Å². The van der Waals surface area contributed by atoms with Crippen molar-refractivity contribution in [3.8, 4) is 17.2 Å². The maximum atomic E-state index is 12.5. The van der Waals surface area contributed by atoms with E-state index in [0.29, 0.717) is 36.1 Å². The van der Waals surface area contributed by atoms with E-state index in [1.165, 1.54) is 9.08 Å². The highest BCUT2D eigenvalue weighted by Crippen LogP contribution is 2.20. The summed E-state index contributed by atoms with van der Waals surface area (Å²) in [5, 5.41) is 8.17. The third kappa shape index (κ3) is 2.89. The lowest BCUT2D eigenvalue weighted by Gasteiger charge is -2.04. The highest BCUT2D eigenvalue weighted by molar-refractivity contribution is 5.70. The molecule has 0 saturated heterocycles. The van der Waals surface area contributed by atoms with Gasteiger partial charge in [-0.15, -0.1) is 5.10 Å². The first-order valence-electron chi connectivity index (χ1n) is 7.79. The number of hydrogen-bond donors (Lipinski definition) is 0. The first-order chi connectivity index (χ1) is 12.2. The average molecular weight is 337 g/mol. The van der Waals surface area contributed by atoms with Gasteiger partial charge < -0.3 is 9.26 Å². The molecule has 0 fully saturated rings. The van der Waals surface area contributed by atoms with Crippen molar-refractivity contribution in [1.29, 1.82) is 0 Å². The zero-order chi connectivity index (χ0) is 17.2. The van der Waals surface area contributed by atoms with Gasteiger partial charge in [0, 0.05) is 6.20 Å². The van der Waals surface area contributed by atoms with Crippen LogP contribution in [0.3, 0.4) is 0 Å². The number of para-hydroxylation sites is 1. The Kier molecular flexibility index (Phi) is 3.77. The fraction of sp³-hybridized carbons (Fsp3) is 0.176. The third-order valence-electron chi connectivity index (χ3n) is 3.68. The van der Waals surface area contributed by atoms with Crippen LogP contribution in [-0.2, 0) is 6.54 Å². The summed E-state index contributed by atoms with van der Waals surface area (Å²) in [7, 11) is 0. The predicted octanol–water partition coefficient (Wildman–Crippen LogP) is 1.93. The highest BCUT2D eigenvalue weighted by Gasteiger charge is 2.15. The summed E-state index contributed by atoms with van der Waals surface area (Å²) in [6, 6.07) is 13.0. The van der Waals surface area contributed by atoms with Crippen molar-refractivity contribution in [3.05, 3.63) is 65.0 Å². The molecule has 0 radical (unpaired) electrons. The summed E-state index contributed by atoms with van der Waals surface area (Å²) in [6.07, 6.45) is 1.66. The molecule has 25 heavy (non-hydrogen) atoms. The van der Waals surface area contributed by atoms with E-state index in [1.54, 1.807) is 25.3 Å². The number of pyridine rings is 1. The summed E-state index contributed by atoms with van der Waals surface area (Å²) in [6.45, 7) is 2.40. The molecule has 0 aliphatic heterocycles. The lowest BCUT2D eigenvalue weighted by Crippen LogP contribution is -2.23. The number of benzene rings is 1. The second-order valence-corrected chi connectivity index (χ2v) is 5.43. The SMILES string of the molecule is Cc1noc(-c2cccn3c(=O)n(CCOc4ccccc4)nc23)n1. The molecule has 8 heteroatoms. The van der Waals surface area contributed by atoms with Gasteiger partial charge in [0.15, 0.2) is 11.5 Å². The molecule has 0 aliphatic carbocycles. The summed E-state index contributed by atoms with van der Waals surface area (Å²) in [5.74, 6) is 1.61. The number of fused-ring (bicyclic) bond motifs is 1. The Morgan fingerprint density at radius 2 is 2.00 bits per heavy atom. The summed E-state index contributed by atoms with van der Waals surface area (Å²) in [4.78, 5) is 16.7. The average Bonchev–Trinajstić information content (AvgIpc) is 3.20. The molecule has 0 amide bonds. The van der Waals surface area contributed by atoms with E-state index >= 15 is 0 Å². The van der Waals surface area contributed by atoms with E-state index in [9.17, 15) is 4.79 Å². The standard InChI is InChI=1S/C17H15N5O3/c1-12-18-16(25-20-12)14-8-5-9-21-15(14)19-22(17(21)23)10-11-24-13-6-3-2-4-7-13/h2-9H,10-11H2,1H3. The number of aromatic nitrogens is 5. The van der Waals surface area contributed by atoms with Crippen LogP contribution in [0.25, 0.3) is 17.1 Å². The van der Waals surface area contributed by atoms with E-state index in [1.807, 2.05) is 30.3 Å². The molecule has 0 atom stereocenters. The predicted molar refractivity (Wildman–Crippen MR) is 89.4 cm³/mol. The Labute approximate surface area is 142 Å². The number of hydrogen-bond acceptors (Lipinski definition) is 6. The van der Waals surface area contributed by atoms with Gasteiger partial charge in [0.05, 0.1) is 12.1 Å². The van der Waals surface area contributed by atoms with Crippen molar-refractivity contribution in [1.82, 2.24) is 24.3 Å². The molecule has 0 N–H and O–H groups in total. The van der Waals surface area contributed by atoms with E-state index in [2.05, 4.69) is 15.2 Å². The Morgan fingerprint density at radius 1 is 1.16 bits per heavy atom. The molecular formula is C17H15N5O3. The molecule has 1 aromatic carbocycles. The van der Waals surface area contributed by atoms with Gasteiger partial charge in [0.1, 0.15) is 12.4 Å². The Hall–Kier alpha value is -3.42. The molecule has 0 spiro atoms. The lowest BCUT2D eigenvalue weighted by molar-refractivity contribution is 0.289. The lowest BCUT2D eigenvalue weighted by atomic mass is 10.2. The minimum Gasteiger partial charge on any atom is -0.492 e. The van der Waals surface area contributed by atoms with Gasteiger partial charge in [0.2, 0.25) is 0 Å². The monoisotopic (exact) mass is 337 g/mol. The molecule has 0 saturated carbocycles. The van der Waals surface area contributed by atoms with Gasteiger partial charge in [-0.1, -0.05) is 23.4 Å². The number of aryl methyl sites for hydroxylation is 1. The van der Waals surface area contributed by atoms with Crippen molar-refractivity contribution in [3.63, 3.8) is 0 Å². The molecule has 3 aromatic heterocycles. The fourth-order valence-electron chi connectivity index (χ4n) is 2.52. The molecule has 4 rings (SSSR count). The molecule has 0 unspecified atom stereocenters. The van der Waals surface area contributed by atoms with Gasteiger partial charge in [-0.3, -0.25) is 0 Å². The Bertz CT molecular complexity index is 1060. The van der Waals surface area contributed by atoms with Crippen LogP contribution in [0.1, 0.15) is 5.82 Å². The van der Waals surface area contributed by atoms with Crippen molar-refractivity contribution in [2.24, 2.45) is 0 Å². The molecule has 0 bridgehead atoms. The molecule has 8 nitrogen and oxygen atoms in total. The zero-order valence-corrected chi connectivity index (χ0v) is 13.5. The fourth-order valence-corrected chi connectivity index (χ4v) is 2.52. The van der Waals surface area contributed by atoms with Gasteiger partial charge in [-0.25, -0.2) is 13.9 Å². The molecular weight excluding hydrogens is 322 g/mol. The largest absolute Gasteiger partial charge is 0.492 e. The number of rotatable bonds is 5. The topological polar surface area (TPSA) is 87.5 Å². The van der Waals surface area contributed by atoms with Crippen LogP contribution < -0.4 is 10.4 Å². The smallest absolute Gasteiger partial charge is 0.350 e. The minimum atomic E-state index is -0.246. The second kappa shape index (κ2) is 6.23. The molecule has 0 aliphatic rings. The van der Waals surface area contributed by atoms with Gasteiger partial charge in [-0.2, -0.15) is 4.98 Å². The van der Waals surface area contributed by atoms with Crippen molar-refractivity contribution < 1.29 is 9.26 Å². The number of nitrogens with zero attached hydrogens (tertiary/aromatic N) is 5. The summed E-state index contributed by atoms with van der Waals surface area (Å²) in [5.41, 5.74) is 0.837. The first kappa shape index (κ1) is 15.1. The molecule has 3 heterocycles. The van der Waals surface area contributed by atoms with Crippen molar-refractivity contribution in [2.45, 2.75) is 13.5 Å². The number of ether oxygens (including phenoxy) is 1. The van der Waals surface area contributed by atoms with Gasteiger partial charge in [-0.05, 0) is 31.2 Å². The normalized spacial score (nSPS) is 11.1. The van der Waals surface area contributed by atoms with Gasteiger partial charge in [0.25, 0.3) is 5.89 Å². The Morgan fingerprint density at radius 3 is 2.76 bits per heavy atom. The van der Waals surface area contributed by atoms with Crippen LogP contribution >= 0.6 is 0 Å².